The second kappa shape index (κ2) is 5.56. The fraction of sp³-hybridized carbons (Fsp3) is 0.143. The average molecular weight is 312 g/mol. The zero-order valence-corrected chi connectivity index (χ0v) is 11.8. The number of aryl methyl sites for hydroxylation is 1. The lowest BCUT2D eigenvalue weighted by Gasteiger charge is -2.09. The molecule has 17 heavy (non-hydrogen) atoms. The van der Waals surface area contributed by atoms with Gasteiger partial charge in [0.05, 0.1) is 4.47 Å². The minimum atomic E-state index is 0.474. The van der Waals surface area contributed by atoms with Gasteiger partial charge in [0.15, 0.2) is 0 Å². The second-order valence-electron chi connectivity index (χ2n) is 3.81. The molecule has 0 aliphatic rings. The Labute approximate surface area is 115 Å². The summed E-state index contributed by atoms with van der Waals surface area (Å²) < 4.78 is 6.69. The maximum Gasteiger partial charge on any atom is 0.134 e. The van der Waals surface area contributed by atoms with Crippen molar-refractivity contribution in [1.29, 1.82) is 0 Å². The lowest BCUT2D eigenvalue weighted by molar-refractivity contribution is 0.304. The summed E-state index contributed by atoms with van der Waals surface area (Å²) in [4.78, 5) is 0. The molecule has 0 saturated heterocycles. The Morgan fingerprint density at radius 1 is 1.18 bits per heavy atom. The first-order valence-corrected chi connectivity index (χ1v) is 6.46. The van der Waals surface area contributed by atoms with Crippen LogP contribution in [0, 0.1) is 6.92 Å². The van der Waals surface area contributed by atoms with Crippen molar-refractivity contribution in [2.24, 2.45) is 0 Å². The molecule has 0 amide bonds. The first kappa shape index (κ1) is 12.5. The van der Waals surface area contributed by atoms with E-state index in [0.29, 0.717) is 6.61 Å². The molecule has 0 bridgehead atoms. The molecule has 0 atom stereocenters. The van der Waals surface area contributed by atoms with Crippen LogP contribution >= 0.6 is 27.5 Å². The molecule has 88 valence electrons. The topological polar surface area (TPSA) is 9.23 Å². The van der Waals surface area contributed by atoms with E-state index in [1.54, 1.807) is 0 Å². The molecule has 0 heterocycles. The van der Waals surface area contributed by atoms with Crippen molar-refractivity contribution >= 4 is 27.5 Å². The van der Waals surface area contributed by atoms with E-state index in [2.05, 4.69) is 15.9 Å². The van der Waals surface area contributed by atoms with Crippen LogP contribution < -0.4 is 4.74 Å². The van der Waals surface area contributed by atoms with E-state index in [1.807, 2.05) is 49.4 Å². The summed E-state index contributed by atoms with van der Waals surface area (Å²) in [7, 11) is 0. The van der Waals surface area contributed by atoms with Crippen molar-refractivity contribution in [3.63, 3.8) is 0 Å². The van der Waals surface area contributed by atoms with Crippen molar-refractivity contribution in [3.05, 3.63) is 63.1 Å². The molecule has 0 radical (unpaired) electrons. The Balaban J connectivity index is 2.10. The third kappa shape index (κ3) is 3.24. The minimum absolute atomic E-state index is 0.474. The largest absolute Gasteiger partial charge is 0.488 e. The molecule has 0 fully saturated rings. The van der Waals surface area contributed by atoms with Crippen molar-refractivity contribution in [2.75, 3.05) is 0 Å². The van der Waals surface area contributed by atoms with Crippen molar-refractivity contribution in [1.82, 2.24) is 0 Å². The number of halogens is 2. The summed E-state index contributed by atoms with van der Waals surface area (Å²) in [6.45, 7) is 2.52. The zero-order chi connectivity index (χ0) is 12.3. The van der Waals surface area contributed by atoms with Crippen LogP contribution in [0.4, 0.5) is 0 Å². The number of ether oxygens (including phenoxy) is 1. The third-order valence-electron chi connectivity index (χ3n) is 2.43. The highest BCUT2D eigenvalue weighted by atomic mass is 79.9. The fourth-order valence-corrected chi connectivity index (χ4v) is 2.29. The lowest BCUT2D eigenvalue weighted by atomic mass is 10.2. The SMILES string of the molecule is Cc1ccc(OCc2ccccc2Cl)c(Br)c1. The predicted octanol–water partition coefficient (Wildman–Crippen LogP) is 4.99. The van der Waals surface area contributed by atoms with Gasteiger partial charge in [0.25, 0.3) is 0 Å². The molecule has 2 aromatic rings. The molecule has 2 aromatic carbocycles. The lowest BCUT2D eigenvalue weighted by Crippen LogP contribution is -1.96. The van der Waals surface area contributed by atoms with Crippen LogP contribution in [0.5, 0.6) is 5.75 Å². The van der Waals surface area contributed by atoms with Gasteiger partial charge in [-0.15, -0.1) is 0 Å². The molecule has 0 unspecified atom stereocenters. The minimum Gasteiger partial charge on any atom is -0.488 e. The van der Waals surface area contributed by atoms with Gasteiger partial charge in [0.1, 0.15) is 12.4 Å². The average Bonchev–Trinajstić information content (AvgIpc) is 2.30. The number of rotatable bonds is 3. The zero-order valence-electron chi connectivity index (χ0n) is 9.41. The maximum absolute atomic E-state index is 6.06. The molecule has 0 aliphatic carbocycles. The summed E-state index contributed by atoms with van der Waals surface area (Å²) in [5.74, 6) is 0.829. The van der Waals surface area contributed by atoms with Gasteiger partial charge < -0.3 is 4.74 Å². The number of hydrogen-bond acceptors (Lipinski definition) is 1. The normalized spacial score (nSPS) is 10.3. The Morgan fingerprint density at radius 3 is 2.65 bits per heavy atom. The van der Waals surface area contributed by atoms with E-state index in [9.17, 15) is 0 Å². The Morgan fingerprint density at radius 2 is 1.94 bits per heavy atom. The number of hydrogen-bond donors (Lipinski definition) is 0. The van der Waals surface area contributed by atoms with Gasteiger partial charge in [-0.2, -0.15) is 0 Å². The molecular weight excluding hydrogens is 300 g/mol. The van der Waals surface area contributed by atoms with Gasteiger partial charge in [-0.3, -0.25) is 0 Å². The molecule has 0 aromatic heterocycles. The van der Waals surface area contributed by atoms with Crippen LogP contribution in [0.1, 0.15) is 11.1 Å². The summed E-state index contributed by atoms with van der Waals surface area (Å²) in [6, 6.07) is 13.7. The molecule has 0 spiro atoms. The van der Waals surface area contributed by atoms with Crippen LogP contribution in [0.15, 0.2) is 46.9 Å². The Hall–Kier alpha value is -0.990. The van der Waals surface area contributed by atoms with Crippen LogP contribution in [-0.4, -0.2) is 0 Å². The highest BCUT2D eigenvalue weighted by Crippen LogP contribution is 2.27. The van der Waals surface area contributed by atoms with Crippen molar-refractivity contribution in [2.45, 2.75) is 13.5 Å². The highest BCUT2D eigenvalue weighted by Gasteiger charge is 2.03. The van der Waals surface area contributed by atoms with Crippen LogP contribution in [0.2, 0.25) is 5.02 Å². The Kier molecular flexibility index (Phi) is 4.08. The van der Waals surface area contributed by atoms with Crippen molar-refractivity contribution < 1.29 is 4.74 Å². The summed E-state index contributed by atoms with van der Waals surface area (Å²) in [6.07, 6.45) is 0. The van der Waals surface area contributed by atoms with E-state index in [1.165, 1.54) is 5.56 Å². The van der Waals surface area contributed by atoms with Gasteiger partial charge in [-0.25, -0.2) is 0 Å². The first-order chi connectivity index (χ1) is 8.16. The van der Waals surface area contributed by atoms with E-state index < -0.39 is 0 Å². The smallest absolute Gasteiger partial charge is 0.134 e. The summed E-state index contributed by atoms with van der Waals surface area (Å²) >= 11 is 9.54. The van der Waals surface area contributed by atoms with Crippen LogP contribution in [0.25, 0.3) is 0 Å². The summed E-state index contributed by atoms with van der Waals surface area (Å²) in [5, 5.41) is 0.732. The van der Waals surface area contributed by atoms with Gasteiger partial charge >= 0.3 is 0 Å². The molecule has 0 aliphatic heterocycles. The predicted molar refractivity (Wildman–Crippen MR) is 74.7 cm³/mol. The molecule has 0 N–H and O–H groups in total. The molecule has 0 saturated carbocycles. The van der Waals surface area contributed by atoms with Gasteiger partial charge in [0.2, 0.25) is 0 Å². The Bertz CT molecular complexity index is 525. The highest BCUT2D eigenvalue weighted by molar-refractivity contribution is 9.10. The van der Waals surface area contributed by atoms with Gasteiger partial charge in [-0.1, -0.05) is 35.9 Å². The second-order valence-corrected chi connectivity index (χ2v) is 5.08. The maximum atomic E-state index is 6.06. The van der Waals surface area contributed by atoms with Crippen LogP contribution in [0.3, 0.4) is 0 Å². The van der Waals surface area contributed by atoms with E-state index in [4.69, 9.17) is 16.3 Å². The number of benzene rings is 2. The molecular formula is C14H12BrClO. The first-order valence-electron chi connectivity index (χ1n) is 5.29. The quantitative estimate of drug-likeness (QED) is 0.776. The standard InChI is InChI=1S/C14H12BrClO/c1-10-6-7-14(12(15)8-10)17-9-11-4-2-3-5-13(11)16/h2-8H,9H2,1H3. The molecule has 2 rings (SSSR count). The monoisotopic (exact) mass is 310 g/mol. The summed E-state index contributed by atoms with van der Waals surface area (Å²) in [5.41, 5.74) is 2.18. The fourth-order valence-electron chi connectivity index (χ4n) is 1.49. The van der Waals surface area contributed by atoms with Gasteiger partial charge in [0, 0.05) is 10.6 Å². The molecule has 3 heteroatoms. The van der Waals surface area contributed by atoms with E-state index in [-0.39, 0.29) is 0 Å². The molecule has 1 nitrogen and oxygen atoms in total. The van der Waals surface area contributed by atoms with Gasteiger partial charge in [-0.05, 0) is 46.6 Å². The van der Waals surface area contributed by atoms with E-state index in [0.717, 1.165) is 20.8 Å². The van der Waals surface area contributed by atoms with Crippen LogP contribution in [-0.2, 0) is 6.61 Å². The van der Waals surface area contributed by atoms with Crippen molar-refractivity contribution in [3.8, 4) is 5.75 Å². The third-order valence-corrected chi connectivity index (χ3v) is 3.42. The van der Waals surface area contributed by atoms with E-state index >= 15 is 0 Å².